The van der Waals surface area contributed by atoms with E-state index in [0.29, 0.717) is 25.7 Å². The number of aliphatic hydroxyl groups is 1. The van der Waals surface area contributed by atoms with Crippen LogP contribution in [0.25, 0.3) is 0 Å². The van der Waals surface area contributed by atoms with E-state index in [2.05, 4.69) is 15.5 Å². The highest BCUT2D eigenvalue weighted by Gasteiger charge is 2.69. The Hall–Kier alpha value is -2.12. The van der Waals surface area contributed by atoms with Crippen molar-refractivity contribution in [2.24, 2.45) is 5.92 Å². The molecule has 154 valence electrons. The number of likely N-dealkylation sites (tertiary alicyclic amines) is 1. The van der Waals surface area contributed by atoms with Crippen LogP contribution in [0.5, 0.6) is 5.75 Å². The molecule has 0 aromatic heterocycles. The number of fused-ring (bicyclic) bond motifs is 1. The number of benzene rings is 1. The Morgan fingerprint density at radius 1 is 1.17 bits per heavy atom. The molecule has 2 saturated carbocycles. The fourth-order valence-corrected chi connectivity index (χ4v) is 6.82. The second kappa shape index (κ2) is 5.52. The van der Waals surface area contributed by atoms with E-state index in [1.807, 2.05) is 6.07 Å². The summed E-state index contributed by atoms with van der Waals surface area (Å²) in [6, 6.07) is 5.01. The lowest BCUT2D eigenvalue weighted by molar-refractivity contribution is -0.180. The van der Waals surface area contributed by atoms with Crippen molar-refractivity contribution in [1.29, 1.82) is 0 Å². The Morgan fingerprint density at radius 2 is 2.00 bits per heavy atom. The molecular formula is C22H27N3O4. The van der Waals surface area contributed by atoms with Crippen LogP contribution in [0.1, 0.15) is 49.7 Å². The van der Waals surface area contributed by atoms with Gasteiger partial charge in [0.25, 0.3) is 5.91 Å². The number of rotatable bonds is 2. The SMILES string of the molecule is O=C1NC(=O)[C@@]2(CC[C@@]3(O)[C@H]4Cc5ccc(O)cc5[C@@]3(CCN4CC3CC3)C2)N1. The number of piperidine rings is 1. The molecule has 1 aromatic carbocycles. The minimum Gasteiger partial charge on any atom is -0.508 e. The van der Waals surface area contributed by atoms with Gasteiger partial charge in [-0.2, -0.15) is 0 Å². The molecule has 2 bridgehead atoms. The smallest absolute Gasteiger partial charge is 0.322 e. The van der Waals surface area contributed by atoms with Crippen molar-refractivity contribution in [2.75, 3.05) is 13.1 Å². The number of imide groups is 1. The van der Waals surface area contributed by atoms with Crippen LogP contribution in [0.2, 0.25) is 0 Å². The van der Waals surface area contributed by atoms with Gasteiger partial charge in [0.05, 0.1) is 5.60 Å². The van der Waals surface area contributed by atoms with E-state index >= 15 is 0 Å². The molecule has 2 heterocycles. The van der Waals surface area contributed by atoms with Crippen molar-refractivity contribution >= 4 is 11.9 Å². The maximum absolute atomic E-state index is 12.8. The molecule has 7 nitrogen and oxygen atoms in total. The zero-order valence-electron chi connectivity index (χ0n) is 16.4. The number of hydrogen-bond acceptors (Lipinski definition) is 5. The van der Waals surface area contributed by atoms with Gasteiger partial charge in [-0.25, -0.2) is 4.79 Å². The minimum atomic E-state index is -0.980. The monoisotopic (exact) mass is 397 g/mol. The van der Waals surface area contributed by atoms with Gasteiger partial charge in [0.15, 0.2) is 0 Å². The highest BCUT2D eigenvalue weighted by molar-refractivity contribution is 6.07. The third-order valence-electron chi connectivity index (χ3n) is 8.41. The molecule has 3 aliphatic carbocycles. The number of carbonyl (C=O) groups is 2. The second-order valence-corrected chi connectivity index (χ2v) is 9.92. The summed E-state index contributed by atoms with van der Waals surface area (Å²) >= 11 is 0. The predicted molar refractivity (Wildman–Crippen MR) is 104 cm³/mol. The molecule has 0 radical (unpaired) electrons. The van der Waals surface area contributed by atoms with Crippen molar-refractivity contribution in [1.82, 2.24) is 15.5 Å². The summed E-state index contributed by atoms with van der Waals surface area (Å²) in [5.74, 6) is 0.629. The average Bonchev–Trinajstić information content (AvgIpc) is 3.44. The Kier molecular flexibility index (Phi) is 3.37. The second-order valence-electron chi connectivity index (χ2n) is 9.92. The zero-order valence-corrected chi connectivity index (χ0v) is 16.4. The number of hydrogen-bond donors (Lipinski definition) is 4. The van der Waals surface area contributed by atoms with E-state index in [9.17, 15) is 19.8 Å². The highest BCUT2D eigenvalue weighted by atomic mass is 16.3. The van der Waals surface area contributed by atoms with E-state index in [4.69, 9.17) is 0 Å². The third-order valence-corrected chi connectivity index (χ3v) is 8.41. The molecule has 2 saturated heterocycles. The molecule has 4 atom stereocenters. The fourth-order valence-electron chi connectivity index (χ4n) is 6.82. The summed E-state index contributed by atoms with van der Waals surface area (Å²) in [4.78, 5) is 27.2. The molecule has 2 aliphatic heterocycles. The number of nitrogens with one attached hydrogen (secondary N) is 2. The van der Waals surface area contributed by atoms with E-state index in [-0.39, 0.29) is 17.7 Å². The number of aromatic hydroxyl groups is 1. The molecular weight excluding hydrogens is 370 g/mol. The van der Waals surface area contributed by atoms with Crippen molar-refractivity contribution in [3.05, 3.63) is 29.3 Å². The normalized spacial score (nSPS) is 40.9. The van der Waals surface area contributed by atoms with E-state index in [1.165, 1.54) is 12.8 Å². The molecule has 1 aromatic rings. The average molecular weight is 397 g/mol. The summed E-state index contributed by atoms with van der Waals surface area (Å²) in [5.41, 5.74) is -0.515. The number of amides is 3. The number of urea groups is 1. The molecule has 0 unspecified atom stereocenters. The van der Waals surface area contributed by atoms with Gasteiger partial charge in [-0.15, -0.1) is 0 Å². The fraction of sp³-hybridized carbons (Fsp3) is 0.636. The number of carbonyl (C=O) groups excluding carboxylic acids is 2. The Morgan fingerprint density at radius 3 is 2.72 bits per heavy atom. The Labute approximate surface area is 169 Å². The summed E-state index contributed by atoms with van der Waals surface area (Å²) in [6.45, 7) is 1.89. The minimum absolute atomic E-state index is 0.00593. The number of nitrogens with zero attached hydrogens (tertiary/aromatic N) is 1. The van der Waals surface area contributed by atoms with Crippen LogP contribution in [-0.2, 0) is 16.6 Å². The van der Waals surface area contributed by atoms with Gasteiger partial charge >= 0.3 is 6.03 Å². The van der Waals surface area contributed by atoms with Gasteiger partial charge in [0.1, 0.15) is 11.3 Å². The lowest BCUT2D eigenvalue weighted by Crippen LogP contribution is -2.76. The predicted octanol–water partition coefficient (Wildman–Crippen LogP) is 1.16. The maximum Gasteiger partial charge on any atom is 0.322 e. The maximum atomic E-state index is 12.8. The highest BCUT2D eigenvalue weighted by Crippen LogP contribution is 2.61. The van der Waals surface area contributed by atoms with E-state index in [1.54, 1.807) is 12.1 Å². The molecule has 6 rings (SSSR count). The van der Waals surface area contributed by atoms with Crippen molar-refractivity contribution in [2.45, 2.75) is 67.5 Å². The topological polar surface area (TPSA) is 102 Å². The molecule has 29 heavy (non-hydrogen) atoms. The van der Waals surface area contributed by atoms with Crippen LogP contribution in [0, 0.1) is 5.92 Å². The van der Waals surface area contributed by atoms with Gasteiger partial charge < -0.3 is 15.5 Å². The first-order valence-electron chi connectivity index (χ1n) is 10.8. The molecule has 1 spiro atoms. The van der Waals surface area contributed by atoms with Crippen LogP contribution in [0.15, 0.2) is 18.2 Å². The zero-order chi connectivity index (χ0) is 20.0. The number of phenols is 1. The summed E-state index contributed by atoms with van der Waals surface area (Å²) in [6.07, 6.45) is 5.28. The van der Waals surface area contributed by atoms with Crippen molar-refractivity contribution in [3.8, 4) is 5.75 Å². The first-order chi connectivity index (χ1) is 13.9. The summed E-state index contributed by atoms with van der Waals surface area (Å²) < 4.78 is 0. The van der Waals surface area contributed by atoms with Crippen LogP contribution >= 0.6 is 0 Å². The molecule has 4 N–H and O–H groups in total. The van der Waals surface area contributed by atoms with Gasteiger partial charge in [-0.3, -0.25) is 15.0 Å². The molecule has 4 fully saturated rings. The van der Waals surface area contributed by atoms with E-state index < -0.39 is 22.6 Å². The first kappa shape index (κ1) is 17.7. The molecule has 7 heteroatoms. The van der Waals surface area contributed by atoms with Gasteiger partial charge in [0, 0.05) is 18.0 Å². The van der Waals surface area contributed by atoms with Crippen LogP contribution in [-0.4, -0.2) is 57.3 Å². The Bertz CT molecular complexity index is 931. The molecule has 3 amide bonds. The molecule has 5 aliphatic rings. The first-order valence-corrected chi connectivity index (χ1v) is 10.8. The Balaban J connectivity index is 1.50. The van der Waals surface area contributed by atoms with Gasteiger partial charge in [0.2, 0.25) is 0 Å². The summed E-state index contributed by atoms with van der Waals surface area (Å²) in [5, 5.41) is 27.8. The van der Waals surface area contributed by atoms with Gasteiger partial charge in [-0.05, 0) is 80.7 Å². The van der Waals surface area contributed by atoms with Crippen LogP contribution < -0.4 is 10.6 Å². The van der Waals surface area contributed by atoms with E-state index in [0.717, 1.165) is 36.6 Å². The lowest BCUT2D eigenvalue weighted by atomic mass is 9.46. The van der Waals surface area contributed by atoms with Crippen LogP contribution in [0.3, 0.4) is 0 Å². The van der Waals surface area contributed by atoms with Crippen molar-refractivity contribution < 1.29 is 19.8 Å². The third kappa shape index (κ3) is 2.26. The van der Waals surface area contributed by atoms with Gasteiger partial charge in [-0.1, -0.05) is 6.07 Å². The van der Waals surface area contributed by atoms with Crippen LogP contribution in [0.4, 0.5) is 4.79 Å². The number of phenolic OH excluding ortho intramolecular Hbond substituents is 1. The van der Waals surface area contributed by atoms with Crippen molar-refractivity contribution in [3.63, 3.8) is 0 Å². The largest absolute Gasteiger partial charge is 0.508 e. The lowest BCUT2D eigenvalue weighted by Gasteiger charge is -2.65. The quantitative estimate of drug-likeness (QED) is 0.561. The standard InChI is InChI=1S/C22H27N3O4/c26-15-4-3-14-9-17-22(29)6-5-21(18(27)23-19(28)24-21)12-20(22,16(14)10-15)7-8-25(17)11-13-1-2-13/h3-4,10,13,17,26,29H,1-2,5-9,11-12H2,(H2,23,24,27,28)/t17-,20-,21+,22-/m1/s1. The summed E-state index contributed by atoms with van der Waals surface area (Å²) in [7, 11) is 0.